The molecule has 8 nitrogen and oxygen atoms in total. The minimum absolute atomic E-state index is 0.280. The number of halogens is 1. The van der Waals surface area contributed by atoms with E-state index in [-0.39, 0.29) is 6.04 Å². The predicted octanol–water partition coefficient (Wildman–Crippen LogP) is 3.64. The van der Waals surface area contributed by atoms with Crippen molar-refractivity contribution >= 4 is 39.7 Å². The molecule has 0 bridgehead atoms. The van der Waals surface area contributed by atoms with Crippen LogP contribution in [0.1, 0.15) is 25.7 Å². The van der Waals surface area contributed by atoms with Crippen molar-refractivity contribution in [2.45, 2.75) is 31.7 Å². The predicted molar refractivity (Wildman–Crippen MR) is 117 cm³/mol. The van der Waals surface area contributed by atoms with Gasteiger partial charge >= 0.3 is 0 Å². The lowest BCUT2D eigenvalue weighted by molar-refractivity contribution is 0.336. The number of methoxy groups -OCH3 is 1. The third kappa shape index (κ3) is 4.92. The van der Waals surface area contributed by atoms with E-state index in [1.807, 2.05) is 24.4 Å². The smallest absolute Gasteiger partial charge is 0.138 e. The summed E-state index contributed by atoms with van der Waals surface area (Å²) in [4.78, 5) is 12.0. The molecule has 1 fully saturated rings. The molecule has 3 aromatic heterocycles. The molecule has 0 amide bonds. The van der Waals surface area contributed by atoms with Gasteiger partial charge in [0.2, 0.25) is 0 Å². The highest BCUT2D eigenvalue weighted by Crippen LogP contribution is 2.33. The Kier molecular flexibility index (Phi) is 6.52. The molecule has 1 aliphatic rings. The number of nitrogens with one attached hydrogen (secondary N) is 3. The summed E-state index contributed by atoms with van der Waals surface area (Å²) < 4.78 is 29.1. The van der Waals surface area contributed by atoms with Crippen LogP contribution in [-0.2, 0) is 11.3 Å². The van der Waals surface area contributed by atoms with E-state index in [0.717, 1.165) is 53.7 Å². The second-order valence-electron chi connectivity index (χ2n) is 7.48. The van der Waals surface area contributed by atoms with E-state index in [1.54, 1.807) is 13.3 Å². The normalized spacial score (nSPS) is 20.2. The Labute approximate surface area is 182 Å². The van der Waals surface area contributed by atoms with Crippen molar-refractivity contribution in [2.24, 2.45) is 5.92 Å². The van der Waals surface area contributed by atoms with Gasteiger partial charge in [-0.1, -0.05) is 11.6 Å². The second-order valence-corrected chi connectivity index (χ2v) is 8.63. The summed E-state index contributed by atoms with van der Waals surface area (Å²) in [7, 11) is 1.62. The molecule has 0 aliphatic heterocycles. The molecule has 10 heteroatoms. The quantitative estimate of drug-likeness (QED) is 0.375. The van der Waals surface area contributed by atoms with E-state index in [0.29, 0.717) is 23.4 Å². The molecule has 0 radical (unpaired) electrons. The van der Waals surface area contributed by atoms with E-state index in [2.05, 4.69) is 25.0 Å². The van der Waals surface area contributed by atoms with Crippen molar-refractivity contribution in [3.63, 3.8) is 0 Å². The number of ether oxygens (including phenoxy) is 1. The summed E-state index contributed by atoms with van der Waals surface area (Å²) in [6.45, 7) is 0.500. The molecule has 0 aromatic carbocycles. The van der Waals surface area contributed by atoms with Crippen LogP contribution in [-0.4, -0.2) is 43.4 Å². The maximum absolute atomic E-state index is 10.7. The molecule has 4 rings (SSSR count). The zero-order chi connectivity index (χ0) is 21.1. The first kappa shape index (κ1) is 21.0. The number of anilines is 1. The van der Waals surface area contributed by atoms with Crippen LogP contribution < -0.4 is 14.8 Å². The van der Waals surface area contributed by atoms with E-state index < -0.39 is 11.3 Å². The minimum atomic E-state index is -2.20. The van der Waals surface area contributed by atoms with Gasteiger partial charge in [-0.25, -0.2) is 14.7 Å². The Bertz CT molecular complexity index is 1050. The lowest BCUT2D eigenvalue weighted by Gasteiger charge is -2.29. The molecular formula is C20H23ClN5O3S-. The average Bonchev–Trinajstić information content (AvgIpc) is 3.16. The number of aromatic nitrogens is 3. The Balaban J connectivity index is 1.49. The number of pyridine rings is 2. The molecule has 1 aliphatic carbocycles. The van der Waals surface area contributed by atoms with Gasteiger partial charge in [0.05, 0.1) is 13.3 Å². The van der Waals surface area contributed by atoms with Crippen LogP contribution in [0.15, 0.2) is 30.6 Å². The van der Waals surface area contributed by atoms with Gasteiger partial charge in [0.15, 0.2) is 0 Å². The Morgan fingerprint density at radius 3 is 2.83 bits per heavy atom. The standard InChI is InChI=1S/C20H24ClN5O3S/c1-29-15-8-16-17(11-23-20(16)22-10-15)13-6-18(21)26-19(7-13)25-14-4-2-12(3-5-14)9-24-30(27)28/h6-8,10-12,14,24H,2-5,9H2,1H3,(H,22,23)(H,25,26)(H,27,28)/p-1. The highest BCUT2D eigenvalue weighted by molar-refractivity contribution is 7.77. The van der Waals surface area contributed by atoms with Gasteiger partial charge in [0.1, 0.15) is 22.4 Å². The number of rotatable bonds is 7. The monoisotopic (exact) mass is 448 g/mol. The van der Waals surface area contributed by atoms with Gasteiger partial charge in [-0.05, 0) is 55.4 Å². The van der Waals surface area contributed by atoms with Crippen molar-refractivity contribution in [1.29, 1.82) is 0 Å². The average molecular weight is 449 g/mol. The molecule has 3 N–H and O–H groups in total. The van der Waals surface area contributed by atoms with Gasteiger partial charge in [0, 0.05) is 41.0 Å². The van der Waals surface area contributed by atoms with Crippen LogP contribution >= 0.6 is 11.6 Å². The van der Waals surface area contributed by atoms with Crippen molar-refractivity contribution in [1.82, 2.24) is 19.7 Å². The highest BCUT2D eigenvalue weighted by Gasteiger charge is 2.21. The Morgan fingerprint density at radius 2 is 2.10 bits per heavy atom. The van der Waals surface area contributed by atoms with Crippen LogP contribution in [0, 0.1) is 5.92 Å². The van der Waals surface area contributed by atoms with Crippen LogP contribution in [0.2, 0.25) is 5.15 Å². The van der Waals surface area contributed by atoms with Crippen molar-refractivity contribution in [3.05, 3.63) is 35.7 Å². The van der Waals surface area contributed by atoms with Crippen molar-refractivity contribution in [3.8, 4) is 16.9 Å². The molecule has 160 valence electrons. The largest absolute Gasteiger partial charge is 0.760 e. The van der Waals surface area contributed by atoms with Gasteiger partial charge in [0.25, 0.3) is 0 Å². The summed E-state index contributed by atoms with van der Waals surface area (Å²) in [5, 5.41) is 4.86. The summed E-state index contributed by atoms with van der Waals surface area (Å²) in [6.07, 6.45) is 7.41. The molecule has 3 aromatic rings. The first-order chi connectivity index (χ1) is 14.5. The Hall–Kier alpha value is -2.20. The lowest BCUT2D eigenvalue weighted by Crippen LogP contribution is -2.32. The fourth-order valence-corrected chi connectivity index (χ4v) is 4.55. The van der Waals surface area contributed by atoms with E-state index in [1.165, 1.54) is 0 Å². The van der Waals surface area contributed by atoms with E-state index >= 15 is 0 Å². The summed E-state index contributed by atoms with van der Waals surface area (Å²) in [6, 6.07) is 6.05. The number of H-pyrrole nitrogens is 1. The minimum Gasteiger partial charge on any atom is -0.760 e. The third-order valence-electron chi connectivity index (χ3n) is 5.54. The third-order valence-corrected chi connectivity index (χ3v) is 6.13. The first-order valence-electron chi connectivity index (χ1n) is 9.80. The zero-order valence-electron chi connectivity index (χ0n) is 16.5. The van der Waals surface area contributed by atoms with Crippen molar-refractivity contribution < 1.29 is 13.5 Å². The zero-order valence-corrected chi connectivity index (χ0v) is 18.1. The molecular weight excluding hydrogens is 426 g/mol. The van der Waals surface area contributed by atoms with Crippen LogP contribution in [0.3, 0.4) is 0 Å². The van der Waals surface area contributed by atoms with Gasteiger partial charge in [-0.15, -0.1) is 0 Å². The molecule has 30 heavy (non-hydrogen) atoms. The fraction of sp³-hybridized carbons (Fsp3) is 0.400. The first-order valence-corrected chi connectivity index (χ1v) is 11.3. The summed E-state index contributed by atoms with van der Waals surface area (Å²) >= 11 is 4.12. The van der Waals surface area contributed by atoms with E-state index in [9.17, 15) is 8.76 Å². The maximum atomic E-state index is 10.7. The highest BCUT2D eigenvalue weighted by atomic mass is 35.5. The number of aromatic amines is 1. The number of fused-ring (bicyclic) bond motifs is 1. The number of hydrogen-bond acceptors (Lipinski definition) is 6. The van der Waals surface area contributed by atoms with Crippen LogP contribution in [0.5, 0.6) is 5.75 Å². The van der Waals surface area contributed by atoms with Gasteiger partial charge < -0.3 is 19.6 Å². The number of nitrogens with zero attached hydrogens (tertiary/aromatic N) is 2. The Morgan fingerprint density at radius 1 is 1.30 bits per heavy atom. The molecule has 1 unspecified atom stereocenters. The lowest BCUT2D eigenvalue weighted by atomic mass is 9.86. The topological polar surface area (TPSA) is 115 Å². The van der Waals surface area contributed by atoms with Crippen molar-refractivity contribution in [2.75, 3.05) is 19.0 Å². The second kappa shape index (κ2) is 9.30. The molecule has 3 heterocycles. The molecule has 1 saturated carbocycles. The molecule has 0 saturated heterocycles. The SMILES string of the molecule is COc1cnc2[nH]cc(-c3cc(Cl)nc(NC4CCC(CNS(=O)[O-])CC4)c3)c2c1. The summed E-state index contributed by atoms with van der Waals surface area (Å²) in [5.74, 6) is 1.79. The van der Waals surface area contributed by atoms with Gasteiger partial charge in [-0.3, -0.25) is 4.21 Å². The maximum Gasteiger partial charge on any atom is 0.138 e. The molecule has 0 spiro atoms. The van der Waals surface area contributed by atoms with Crippen LogP contribution in [0.25, 0.3) is 22.2 Å². The van der Waals surface area contributed by atoms with E-state index in [4.69, 9.17) is 16.3 Å². The van der Waals surface area contributed by atoms with Gasteiger partial charge in [-0.2, -0.15) is 0 Å². The summed E-state index contributed by atoms with van der Waals surface area (Å²) in [5.41, 5.74) is 2.69. The number of hydrogen-bond donors (Lipinski definition) is 3. The molecule has 1 atom stereocenters. The fourth-order valence-electron chi connectivity index (χ4n) is 3.97. The van der Waals surface area contributed by atoms with Crippen LogP contribution in [0.4, 0.5) is 5.82 Å².